The molecule has 0 atom stereocenters. The lowest BCUT2D eigenvalue weighted by atomic mass is 9.83. The zero-order chi connectivity index (χ0) is 11.8. The smallest absolute Gasteiger partial charge is 0.0811 e. The zero-order valence-electron chi connectivity index (χ0n) is 10.2. The normalized spacial score (nSPS) is 11.8. The summed E-state index contributed by atoms with van der Waals surface area (Å²) in [7, 11) is 0. The van der Waals surface area contributed by atoms with E-state index in [0.717, 1.165) is 5.69 Å². The molecule has 0 aliphatic rings. The van der Waals surface area contributed by atoms with Crippen LogP contribution in [0.15, 0.2) is 29.1 Å². The third-order valence-electron chi connectivity index (χ3n) is 2.76. The lowest BCUT2D eigenvalue weighted by molar-refractivity contribution is 0.586. The molecule has 1 heterocycles. The van der Waals surface area contributed by atoms with Crippen molar-refractivity contribution >= 4 is 11.3 Å². The topological polar surface area (TPSA) is 12.9 Å². The first-order chi connectivity index (χ1) is 7.48. The van der Waals surface area contributed by atoms with Gasteiger partial charge in [0.1, 0.15) is 0 Å². The average molecular weight is 231 g/mol. The number of aromatic nitrogens is 1. The molecule has 0 bridgehead atoms. The van der Waals surface area contributed by atoms with Crippen molar-refractivity contribution in [3.63, 3.8) is 0 Å². The minimum Gasteiger partial charge on any atom is -0.245 e. The molecule has 0 saturated heterocycles. The van der Waals surface area contributed by atoms with E-state index in [2.05, 4.69) is 56.3 Å². The minimum atomic E-state index is 0.213. The van der Waals surface area contributed by atoms with Crippen molar-refractivity contribution in [2.75, 3.05) is 0 Å². The van der Waals surface area contributed by atoms with Gasteiger partial charge in [0.2, 0.25) is 0 Å². The van der Waals surface area contributed by atoms with E-state index in [4.69, 9.17) is 0 Å². The number of hydrogen-bond donors (Lipinski definition) is 0. The van der Waals surface area contributed by atoms with Crippen molar-refractivity contribution in [2.24, 2.45) is 0 Å². The Morgan fingerprint density at radius 3 is 2.44 bits per heavy atom. The predicted octanol–water partition coefficient (Wildman–Crippen LogP) is 4.42. The number of thiazole rings is 1. The molecular formula is C14H17NS. The predicted molar refractivity (Wildman–Crippen MR) is 71.0 cm³/mol. The van der Waals surface area contributed by atoms with Gasteiger partial charge >= 0.3 is 0 Å². The van der Waals surface area contributed by atoms with Gasteiger partial charge in [0.25, 0.3) is 0 Å². The zero-order valence-corrected chi connectivity index (χ0v) is 11.1. The molecular weight excluding hydrogens is 214 g/mol. The van der Waals surface area contributed by atoms with Crippen LogP contribution in [-0.2, 0) is 5.41 Å². The quantitative estimate of drug-likeness (QED) is 0.708. The van der Waals surface area contributed by atoms with E-state index in [-0.39, 0.29) is 5.41 Å². The fourth-order valence-corrected chi connectivity index (χ4v) is 2.58. The standard InChI is InChI=1S/C14H17NS/c1-10-7-11(13-8-16-9-15-13)5-6-12(10)14(2,3)4/h5-9H,1-4H3. The number of benzene rings is 1. The minimum absolute atomic E-state index is 0.213. The molecule has 2 aromatic rings. The number of nitrogens with zero attached hydrogens (tertiary/aromatic N) is 1. The lowest BCUT2D eigenvalue weighted by Crippen LogP contribution is -2.12. The molecule has 1 aromatic carbocycles. The summed E-state index contributed by atoms with van der Waals surface area (Å²) in [6, 6.07) is 6.63. The van der Waals surface area contributed by atoms with Crippen LogP contribution in [0, 0.1) is 6.92 Å². The van der Waals surface area contributed by atoms with Crippen LogP contribution in [0.1, 0.15) is 31.9 Å². The molecule has 0 aliphatic heterocycles. The Morgan fingerprint density at radius 2 is 1.94 bits per heavy atom. The van der Waals surface area contributed by atoms with E-state index >= 15 is 0 Å². The fraction of sp³-hybridized carbons (Fsp3) is 0.357. The first-order valence-electron chi connectivity index (χ1n) is 5.48. The van der Waals surface area contributed by atoms with Crippen LogP contribution < -0.4 is 0 Å². The van der Waals surface area contributed by atoms with Crippen LogP contribution in [0.4, 0.5) is 0 Å². The summed E-state index contributed by atoms with van der Waals surface area (Å²) in [5.41, 5.74) is 7.14. The Morgan fingerprint density at radius 1 is 1.19 bits per heavy atom. The van der Waals surface area contributed by atoms with Crippen LogP contribution in [0.25, 0.3) is 11.3 Å². The van der Waals surface area contributed by atoms with Gasteiger partial charge in [-0.15, -0.1) is 11.3 Å². The molecule has 0 radical (unpaired) electrons. The molecule has 2 heteroatoms. The van der Waals surface area contributed by atoms with Gasteiger partial charge in [-0.25, -0.2) is 4.98 Å². The van der Waals surface area contributed by atoms with E-state index in [9.17, 15) is 0 Å². The fourth-order valence-electron chi connectivity index (χ4n) is 2.02. The van der Waals surface area contributed by atoms with E-state index in [0.29, 0.717) is 0 Å². The molecule has 0 saturated carbocycles. The van der Waals surface area contributed by atoms with Gasteiger partial charge in [-0.3, -0.25) is 0 Å². The van der Waals surface area contributed by atoms with Crippen LogP contribution in [0.5, 0.6) is 0 Å². The average Bonchev–Trinajstić information content (AvgIpc) is 2.68. The van der Waals surface area contributed by atoms with Gasteiger partial charge in [0, 0.05) is 10.9 Å². The van der Waals surface area contributed by atoms with Crippen molar-refractivity contribution in [3.05, 3.63) is 40.2 Å². The maximum Gasteiger partial charge on any atom is 0.0811 e. The molecule has 0 amide bonds. The van der Waals surface area contributed by atoms with Gasteiger partial charge in [0.15, 0.2) is 0 Å². The van der Waals surface area contributed by atoms with Crippen molar-refractivity contribution in [2.45, 2.75) is 33.1 Å². The van der Waals surface area contributed by atoms with Gasteiger partial charge in [-0.1, -0.05) is 32.9 Å². The Balaban J connectivity index is 2.45. The van der Waals surface area contributed by atoms with Gasteiger partial charge in [-0.05, 0) is 29.5 Å². The van der Waals surface area contributed by atoms with Crippen LogP contribution in [0.3, 0.4) is 0 Å². The summed E-state index contributed by atoms with van der Waals surface area (Å²) in [6.45, 7) is 8.92. The first kappa shape index (κ1) is 11.3. The molecule has 16 heavy (non-hydrogen) atoms. The largest absolute Gasteiger partial charge is 0.245 e. The van der Waals surface area contributed by atoms with Crippen molar-refractivity contribution in [1.82, 2.24) is 4.98 Å². The lowest BCUT2D eigenvalue weighted by Gasteiger charge is -2.22. The van der Waals surface area contributed by atoms with Crippen LogP contribution in [-0.4, -0.2) is 4.98 Å². The Kier molecular flexibility index (Phi) is 2.85. The molecule has 0 unspecified atom stereocenters. The molecule has 84 valence electrons. The highest BCUT2D eigenvalue weighted by Crippen LogP contribution is 2.29. The molecule has 1 nitrogen and oxygen atoms in total. The Labute approximate surface area is 101 Å². The van der Waals surface area contributed by atoms with E-state index in [1.807, 2.05) is 5.51 Å². The third kappa shape index (κ3) is 2.17. The summed E-state index contributed by atoms with van der Waals surface area (Å²) in [5, 5.41) is 2.09. The summed E-state index contributed by atoms with van der Waals surface area (Å²) in [4.78, 5) is 4.34. The second-order valence-corrected chi connectivity index (χ2v) is 5.87. The number of rotatable bonds is 1. The Bertz CT molecular complexity index is 478. The highest BCUT2D eigenvalue weighted by Gasteiger charge is 2.16. The maximum atomic E-state index is 4.34. The Hall–Kier alpha value is -1.15. The van der Waals surface area contributed by atoms with E-state index in [1.54, 1.807) is 11.3 Å². The molecule has 0 fully saturated rings. The third-order valence-corrected chi connectivity index (χ3v) is 3.35. The summed E-state index contributed by atoms with van der Waals surface area (Å²) in [6.07, 6.45) is 0. The molecule has 0 N–H and O–H groups in total. The number of hydrogen-bond acceptors (Lipinski definition) is 2. The van der Waals surface area contributed by atoms with E-state index < -0.39 is 0 Å². The summed E-state index contributed by atoms with van der Waals surface area (Å²) in [5.74, 6) is 0. The van der Waals surface area contributed by atoms with Gasteiger partial charge in [0.05, 0.1) is 11.2 Å². The number of aryl methyl sites for hydroxylation is 1. The summed E-state index contributed by atoms with van der Waals surface area (Å²) >= 11 is 1.64. The SMILES string of the molecule is Cc1cc(-c2cscn2)ccc1C(C)(C)C. The second-order valence-electron chi connectivity index (χ2n) is 5.15. The highest BCUT2D eigenvalue weighted by atomic mass is 32.1. The van der Waals surface area contributed by atoms with Crippen molar-refractivity contribution in [1.29, 1.82) is 0 Å². The monoisotopic (exact) mass is 231 g/mol. The molecule has 0 spiro atoms. The van der Waals surface area contributed by atoms with Crippen molar-refractivity contribution < 1.29 is 0 Å². The first-order valence-corrected chi connectivity index (χ1v) is 6.42. The molecule has 2 rings (SSSR count). The second kappa shape index (κ2) is 4.02. The van der Waals surface area contributed by atoms with Crippen LogP contribution >= 0.6 is 11.3 Å². The molecule has 1 aromatic heterocycles. The van der Waals surface area contributed by atoms with Gasteiger partial charge in [-0.2, -0.15) is 0 Å². The highest BCUT2D eigenvalue weighted by molar-refractivity contribution is 7.07. The summed E-state index contributed by atoms with van der Waals surface area (Å²) < 4.78 is 0. The van der Waals surface area contributed by atoms with Crippen molar-refractivity contribution in [3.8, 4) is 11.3 Å². The van der Waals surface area contributed by atoms with Gasteiger partial charge < -0.3 is 0 Å². The molecule has 0 aliphatic carbocycles. The van der Waals surface area contributed by atoms with E-state index in [1.165, 1.54) is 16.7 Å². The van der Waals surface area contributed by atoms with Crippen LogP contribution in [0.2, 0.25) is 0 Å². The maximum absolute atomic E-state index is 4.34.